The van der Waals surface area contributed by atoms with Crippen LogP contribution in [0.2, 0.25) is 0 Å². The summed E-state index contributed by atoms with van der Waals surface area (Å²) in [5, 5.41) is 10.7. The molecule has 34 heavy (non-hydrogen) atoms. The number of rotatable bonds is 10. The Bertz CT molecular complexity index is 765. The van der Waals surface area contributed by atoms with Crippen LogP contribution in [0.15, 0.2) is 36.0 Å². The van der Waals surface area contributed by atoms with Crippen molar-refractivity contribution in [2.24, 2.45) is 11.8 Å². The van der Waals surface area contributed by atoms with Gasteiger partial charge in [-0.15, -0.1) is 0 Å². The summed E-state index contributed by atoms with van der Waals surface area (Å²) in [7, 11) is 0. The highest BCUT2D eigenvalue weighted by molar-refractivity contribution is 5.76. The molecule has 3 heterocycles. The molecule has 0 unspecified atom stereocenters. The molecule has 192 valence electrons. The summed E-state index contributed by atoms with van der Waals surface area (Å²) in [5.74, 6) is 1.03. The van der Waals surface area contributed by atoms with E-state index in [0.29, 0.717) is 37.9 Å². The van der Waals surface area contributed by atoms with Crippen molar-refractivity contribution in [1.29, 1.82) is 0 Å². The molecule has 0 saturated carbocycles. The molecule has 3 aliphatic heterocycles. The summed E-state index contributed by atoms with van der Waals surface area (Å²) in [6.45, 7) is 13.4. The first-order chi connectivity index (χ1) is 16.1. The van der Waals surface area contributed by atoms with Crippen molar-refractivity contribution in [2.75, 3.05) is 13.2 Å². The standard InChI is InChI=1S/C28H44O6/c1-18(2)8-7-13-31-26-14-20(4)24(33-22(26)6)11-9-19(3)10-12-25-27(30)28(17-32-28)16-23(34-25)15-21(5)29/h7-10,12,18,20,22-27,30H,11,13-17H2,1-6H3/b8-7-,12-10+,19-9+/t20-,22+,23+,24-,25+,26+,27+,28+/m0/s1. The van der Waals surface area contributed by atoms with Gasteiger partial charge in [-0.2, -0.15) is 0 Å². The minimum absolute atomic E-state index is 0.0663. The van der Waals surface area contributed by atoms with Crippen molar-refractivity contribution in [3.05, 3.63) is 36.0 Å². The van der Waals surface area contributed by atoms with Crippen LogP contribution in [0.25, 0.3) is 0 Å². The van der Waals surface area contributed by atoms with Gasteiger partial charge >= 0.3 is 0 Å². The molecule has 3 rings (SSSR count). The van der Waals surface area contributed by atoms with Gasteiger partial charge < -0.3 is 24.1 Å². The smallest absolute Gasteiger partial charge is 0.132 e. The fourth-order valence-electron chi connectivity index (χ4n) is 4.95. The third-order valence-electron chi connectivity index (χ3n) is 7.10. The zero-order chi connectivity index (χ0) is 24.9. The Kier molecular flexibility index (Phi) is 9.70. The number of hydrogen-bond acceptors (Lipinski definition) is 6. The minimum Gasteiger partial charge on any atom is -0.387 e. The Morgan fingerprint density at radius 1 is 1.24 bits per heavy atom. The molecule has 6 nitrogen and oxygen atoms in total. The third-order valence-corrected chi connectivity index (χ3v) is 7.10. The van der Waals surface area contributed by atoms with Crippen LogP contribution >= 0.6 is 0 Å². The molecule has 6 heteroatoms. The lowest BCUT2D eigenvalue weighted by molar-refractivity contribution is -0.148. The Hall–Kier alpha value is -1.31. The number of hydrogen-bond donors (Lipinski definition) is 1. The van der Waals surface area contributed by atoms with Crippen molar-refractivity contribution >= 4 is 5.78 Å². The van der Waals surface area contributed by atoms with Crippen LogP contribution in [0, 0.1) is 11.8 Å². The molecular weight excluding hydrogens is 432 g/mol. The number of Topliss-reactive ketones (excluding diaryl/α,β-unsaturated/α-hetero) is 1. The Balaban J connectivity index is 1.50. The van der Waals surface area contributed by atoms with Crippen LogP contribution in [0.4, 0.5) is 0 Å². The first kappa shape index (κ1) is 27.3. The maximum Gasteiger partial charge on any atom is 0.132 e. The van der Waals surface area contributed by atoms with Gasteiger partial charge in [-0.3, -0.25) is 4.79 Å². The predicted molar refractivity (Wildman–Crippen MR) is 133 cm³/mol. The highest BCUT2D eigenvalue weighted by atomic mass is 16.6. The van der Waals surface area contributed by atoms with Crippen LogP contribution in [-0.2, 0) is 23.7 Å². The fraction of sp³-hybridized carbons (Fsp3) is 0.750. The molecule has 0 aromatic rings. The van der Waals surface area contributed by atoms with Gasteiger partial charge in [-0.1, -0.05) is 56.7 Å². The summed E-state index contributed by atoms with van der Waals surface area (Å²) in [6.07, 6.45) is 12.0. The Morgan fingerprint density at radius 2 is 1.97 bits per heavy atom. The van der Waals surface area contributed by atoms with Crippen LogP contribution in [0.1, 0.15) is 67.2 Å². The third kappa shape index (κ3) is 7.59. The van der Waals surface area contributed by atoms with E-state index in [1.54, 1.807) is 6.92 Å². The van der Waals surface area contributed by atoms with Gasteiger partial charge in [0.2, 0.25) is 0 Å². The van der Waals surface area contributed by atoms with Crippen molar-refractivity contribution < 1.29 is 28.8 Å². The molecule has 0 bridgehead atoms. The van der Waals surface area contributed by atoms with Crippen LogP contribution in [-0.4, -0.2) is 66.3 Å². The van der Waals surface area contributed by atoms with Gasteiger partial charge in [-0.25, -0.2) is 0 Å². The molecule has 0 radical (unpaired) electrons. The van der Waals surface area contributed by atoms with Crippen LogP contribution in [0.3, 0.4) is 0 Å². The molecule has 8 atom stereocenters. The van der Waals surface area contributed by atoms with E-state index in [-0.39, 0.29) is 30.2 Å². The first-order valence-electron chi connectivity index (χ1n) is 12.8. The molecular formula is C28H44O6. The number of allylic oxidation sites excluding steroid dienone is 3. The topological polar surface area (TPSA) is 77.5 Å². The molecule has 3 aliphatic rings. The monoisotopic (exact) mass is 476 g/mol. The summed E-state index contributed by atoms with van der Waals surface area (Å²) >= 11 is 0. The number of aliphatic hydroxyl groups is 1. The fourth-order valence-corrected chi connectivity index (χ4v) is 4.95. The zero-order valence-electron chi connectivity index (χ0n) is 21.7. The van der Waals surface area contributed by atoms with Crippen LogP contribution in [0.5, 0.6) is 0 Å². The van der Waals surface area contributed by atoms with E-state index in [4.69, 9.17) is 18.9 Å². The number of ether oxygens (including phenoxy) is 4. The second kappa shape index (κ2) is 12.1. The highest BCUT2D eigenvalue weighted by Gasteiger charge is 2.58. The predicted octanol–water partition coefficient (Wildman–Crippen LogP) is 4.56. The quantitative estimate of drug-likeness (QED) is 0.283. The van der Waals surface area contributed by atoms with E-state index >= 15 is 0 Å². The number of carbonyl (C=O) groups excluding carboxylic acids is 1. The van der Waals surface area contributed by atoms with Crippen molar-refractivity contribution in [2.45, 2.75) is 109 Å². The average molecular weight is 477 g/mol. The number of carbonyl (C=O) groups is 1. The second-order valence-electron chi connectivity index (χ2n) is 10.8. The number of epoxide rings is 1. The first-order valence-corrected chi connectivity index (χ1v) is 12.8. The molecule has 0 aromatic carbocycles. The lowest BCUT2D eigenvalue weighted by Gasteiger charge is -2.38. The molecule has 0 aromatic heterocycles. The van der Waals surface area contributed by atoms with Gasteiger partial charge in [0.15, 0.2) is 0 Å². The second-order valence-corrected chi connectivity index (χ2v) is 10.8. The molecule has 3 saturated heterocycles. The van der Waals surface area contributed by atoms with Gasteiger partial charge in [0.25, 0.3) is 0 Å². The van der Waals surface area contributed by atoms with Crippen molar-refractivity contribution in [1.82, 2.24) is 0 Å². The molecule has 0 amide bonds. The Labute approximate surface area is 205 Å². The number of aliphatic hydroxyl groups excluding tert-OH is 1. The largest absolute Gasteiger partial charge is 0.387 e. The van der Waals surface area contributed by atoms with E-state index in [0.717, 1.165) is 18.4 Å². The van der Waals surface area contributed by atoms with Gasteiger partial charge in [0.1, 0.15) is 23.6 Å². The lowest BCUT2D eigenvalue weighted by Crippen LogP contribution is -2.50. The molecule has 1 N–H and O–H groups in total. The minimum atomic E-state index is -0.713. The SMILES string of the molecule is CC(=O)C[C@@H]1C[C@@]2(CO2)[C@H](O)[C@@H](/C=C/C(C)=C/C[C@@H]2O[C@H](C)[C@H](OC/C=C\C(C)C)C[C@@H]2C)O1. The van der Waals surface area contributed by atoms with Crippen molar-refractivity contribution in [3.63, 3.8) is 0 Å². The van der Waals surface area contributed by atoms with E-state index in [1.807, 2.05) is 19.1 Å². The van der Waals surface area contributed by atoms with Gasteiger partial charge in [0, 0.05) is 12.8 Å². The molecule has 3 fully saturated rings. The van der Waals surface area contributed by atoms with Gasteiger partial charge in [0.05, 0.1) is 37.6 Å². The zero-order valence-corrected chi connectivity index (χ0v) is 21.7. The van der Waals surface area contributed by atoms with Crippen LogP contribution < -0.4 is 0 Å². The molecule has 1 spiro atoms. The normalized spacial score (nSPS) is 38.9. The number of ketones is 1. The maximum absolute atomic E-state index is 11.6. The van der Waals surface area contributed by atoms with E-state index in [9.17, 15) is 9.90 Å². The highest BCUT2D eigenvalue weighted by Crippen LogP contribution is 2.43. The summed E-state index contributed by atoms with van der Waals surface area (Å²) in [4.78, 5) is 11.6. The molecule has 0 aliphatic carbocycles. The van der Waals surface area contributed by atoms with Gasteiger partial charge in [-0.05, 0) is 45.4 Å². The summed E-state index contributed by atoms with van der Waals surface area (Å²) in [6, 6.07) is 0. The summed E-state index contributed by atoms with van der Waals surface area (Å²) < 4.78 is 24.0. The Morgan fingerprint density at radius 3 is 2.62 bits per heavy atom. The average Bonchev–Trinajstić information content (AvgIpc) is 3.53. The maximum atomic E-state index is 11.6. The van der Waals surface area contributed by atoms with E-state index in [1.165, 1.54) is 0 Å². The van der Waals surface area contributed by atoms with E-state index in [2.05, 4.69) is 45.9 Å². The lowest BCUT2D eigenvalue weighted by atomic mass is 9.87. The van der Waals surface area contributed by atoms with E-state index < -0.39 is 17.8 Å². The summed E-state index contributed by atoms with van der Waals surface area (Å²) in [5.41, 5.74) is 0.547. The van der Waals surface area contributed by atoms with Crippen molar-refractivity contribution in [3.8, 4) is 0 Å².